The summed E-state index contributed by atoms with van der Waals surface area (Å²) in [4.78, 5) is 24.0. The molecule has 0 aliphatic heterocycles. The minimum atomic E-state index is -0.611. The van der Waals surface area contributed by atoms with E-state index in [1.165, 1.54) is 0 Å². The van der Waals surface area contributed by atoms with Crippen LogP contribution in [0.25, 0.3) is 22.9 Å². The van der Waals surface area contributed by atoms with E-state index in [9.17, 15) is 9.59 Å². The first-order valence-corrected chi connectivity index (χ1v) is 9.07. The largest absolute Gasteiger partial charge is 0.416 e. The quantitative estimate of drug-likeness (QED) is 0.687. The van der Waals surface area contributed by atoms with Crippen LogP contribution < -0.4 is 10.6 Å². The Hall–Kier alpha value is -3.48. The maximum Gasteiger partial charge on any atom is 0.251 e. The predicted octanol–water partition coefficient (Wildman–Crippen LogP) is 2.97. The SMILES string of the molecule is CCNC(=O)[C@H](C)NC(=O)c1ccc(-c2nnc(-c3cccc(C)c3)o2)cc1. The van der Waals surface area contributed by atoms with Gasteiger partial charge in [0, 0.05) is 23.2 Å². The summed E-state index contributed by atoms with van der Waals surface area (Å²) in [6.45, 7) is 5.98. The molecule has 0 bridgehead atoms. The molecule has 0 aliphatic carbocycles. The fraction of sp³-hybridized carbons (Fsp3) is 0.238. The summed E-state index contributed by atoms with van der Waals surface area (Å²) in [5.74, 6) is 0.272. The second kappa shape index (κ2) is 8.47. The summed E-state index contributed by atoms with van der Waals surface area (Å²) in [6.07, 6.45) is 0. The Kier molecular flexibility index (Phi) is 5.84. The van der Waals surface area contributed by atoms with Crippen molar-refractivity contribution in [2.24, 2.45) is 0 Å². The van der Waals surface area contributed by atoms with E-state index in [0.29, 0.717) is 29.5 Å². The molecule has 7 heteroatoms. The van der Waals surface area contributed by atoms with Gasteiger partial charge in [0.05, 0.1) is 0 Å². The van der Waals surface area contributed by atoms with Gasteiger partial charge in [0.2, 0.25) is 17.7 Å². The number of hydrogen-bond acceptors (Lipinski definition) is 5. The van der Waals surface area contributed by atoms with Gasteiger partial charge in [-0.25, -0.2) is 0 Å². The maximum absolute atomic E-state index is 12.3. The van der Waals surface area contributed by atoms with Gasteiger partial charge in [-0.2, -0.15) is 0 Å². The van der Waals surface area contributed by atoms with Gasteiger partial charge in [0.25, 0.3) is 5.91 Å². The van der Waals surface area contributed by atoms with Crippen LogP contribution in [0.5, 0.6) is 0 Å². The highest BCUT2D eigenvalue weighted by molar-refractivity contribution is 5.97. The molecule has 3 aromatic rings. The zero-order valence-corrected chi connectivity index (χ0v) is 16.0. The number of carbonyl (C=O) groups excluding carboxylic acids is 2. The Morgan fingerprint density at radius 2 is 1.71 bits per heavy atom. The number of aryl methyl sites for hydroxylation is 1. The Balaban J connectivity index is 1.71. The van der Waals surface area contributed by atoms with Crippen LogP contribution in [0.4, 0.5) is 0 Å². The average molecular weight is 378 g/mol. The predicted molar refractivity (Wildman–Crippen MR) is 106 cm³/mol. The molecule has 2 N–H and O–H groups in total. The highest BCUT2D eigenvalue weighted by Crippen LogP contribution is 2.24. The lowest BCUT2D eigenvalue weighted by Crippen LogP contribution is -2.44. The van der Waals surface area contributed by atoms with Crippen molar-refractivity contribution in [2.75, 3.05) is 6.54 Å². The molecule has 7 nitrogen and oxygen atoms in total. The van der Waals surface area contributed by atoms with Gasteiger partial charge in [0.1, 0.15) is 6.04 Å². The van der Waals surface area contributed by atoms with Crippen LogP contribution in [0.2, 0.25) is 0 Å². The van der Waals surface area contributed by atoms with Gasteiger partial charge in [0.15, 0.2) is 0 Å². The molecule has 2 aromatic carbocycles. The third kappa shape index (κ3) is 4.43. The molecule has 0 saturated heterocycles. The molecule has 0 saturated carbocycles. The van der Waals surface area contributed by atoms with Crippen LogP contribution in [-0.4, -0.2) is 34.6 Å². The van der Waals surface area contributed by atoms with Crippen molar-refractivity contribution in [3.8, 4) is 22.9 Å². The Morgan fingerprint density at radius 1 is 1.04 bits per heavy atom. The van der Waals surface area contributed by atoms with Crippen LogP contribution in [0.3, 0.4) is 0 Å². The first kappa shape index (κ1) is 19.3. The van der Waals surface area contributed by atoms with Crippen LogP contribution in [0, 0.1) is 6.92 Å². The van der Waals surface area contributed by atoms with E-state index in [4.69, 9.17) is 4.42 Å². The van der Waals surface area contributed by atoms with Crippen LogP contribution >= 0.6 is 0 Å². The molecular weight excluding hydrogens is 356 g/mol. The zero-order valence-electron chi connectivity index (χ0n) is 16.0. The standard InChI is InChI=1S/C21H22N4O3/c1-4-22-18(26)14(3)23-19(27)15-8-10-16(11-9-15)20-24-25-21(28-20)17-7-5-6-13(2)12-17/h5-12,14H,4H2,1-3H3,(H,22,26)(H,23,27)/t14-/m0/s1. The molecule has 144 valence electrons. The number of nitrogens with one attached hydrogen (secondary N) is 2. The van der Waals surface area contributed by atoms with Crippen molar-refractivity contribution in [1.82, 2.24) is 20.8 Å². The number of rotatable bonds is 6. The smallest absolute Gasteiger partial charge is 0.251 e. The molecule has 1 heterocycles. The van der Waals surface area contributed by atoms with E-state index in [-0.39, 0.29) is 11.8 Å². The third-order valence-electron chi connectivity index (χ3n) is 4.18. The molecule has 0 unspecified atom stereocenters. The topological polar surface area (TPSA) is 97.1 Å². The molecule has 0 aliphatic rings. The fourth-order valence-electron chi connectivity index (χ4n) is 2.67. The first-order chi connectivity index (χ1) is 13.5. The lowest BCUT2D eigenvalue weighted by molar-refractivity contribution is -0.122. The lowest BCUT2D eigenvalue weighted by Gasteiger charge is -2.13. The summed E-state index contributed by atoms with van der Waals surface area (Å²) in [5, 5.41) is 13.5. The average Bonchev–Trinajstić information content (AvgIpc) is 3.18. The van der Waals surface area contributed by atoms with Crippen molar-refractivity contribution >= 4 is 11.8 Å². The summed E-state index contributed by atoms with van der Waals surface area (Å²) < 4.78 is 5.76. The van der Waals surface area contributed by atoms with E-state index < -0.39 is 6.04 Å². The maximum atomic E-state index is 12.3. The van der Waals surface area contributed by atoms with Gasteiger partial charge in [-0.15, -0.1) is 10.2 Å². The van der Waals surface area contributed by atoms with Crippen molar-refractivity contribution in [2.45, 2.75) is 26.8 Å². The number of likely N-dealkylation sites (N-methyl/N-ethyl adjacent to an activating group) is 1. The Morgan fingerprint density at radius 3 is 2.36 bits per heavy atom. The van der Waals surface area contributed by atoms with Crippen molar-refractivity contribution < 1.29 is 14.0 Å². The number of amides is 2. The summed E-state index contributed by atoms with van der Waals surface area (Å²) in [7, 11) is 0. The van der Waals surface area contributed by atoms with E-state index in [1.807, 2.05) is 38.1 Å². The summed E-state index contributed by atoms with van der Waals surface area (Å²) >= 11 is 0. The fourth-order valence-corrected chi connectivity index (χ4v) is 2.67. The molecule has 1 aromatic heterocycles. The van der Waals surface area contributed by atoms with Gasteiger partial charge < -0.3 is 15.1 Å². The monoisotopic (exact) mass is 378 g/mol. The minimum Gasteiger partial charge on any atom is -0.416 e. The number of nitrogens with zero attached hydrogens (tertiary/aromatic N) is 2. The number of hydrogen-bond donors (Lipinski definition) is 2. The lowest BCUT2D eigenvalue weighted by atomic mass is 10.1. The number of aromatic nitrogens is 2. The van der Waals surface area contributed by atoms with Crippen molar-refractivity contribution in [3.63, 3.8) is 0 Å². The molecule has 28 heavy (non-hydrogen) atoms. The minimum absolute atomic E-state index is 0.220. The Labute approximate surface area is 163 Å². The molecule has 2 amide bonds. The van der Waals surface area contributed by atoms with Gasteiger partial charge in [-0.1, -0.05) is 17.7 Å². The third-order valence-corrected chi connectivity index (χ3v) is 4.18. The van der Waals surface area contributed by atoms with Crippen molar-refractivity contribution in [1.29, 1.82) is 0 Å². The number of carbonyl (C=O) groups is 2. The normalized spacial score (nSPS) is 11.7. The van der Waals surface area contributed by atoms with Gasteiger partial charge >= 0.3 is 0 Å². The molecular formula is C21H22N4O3. The molecule has 1 atom stereocenters. The second-order valence-electron chi connectivity index (χ2n) is 6.45. The van der Waals surface area contributed by atoms with E-state index in [0.717, 1.165) is 11.1 Å². The summed E-state index contributed by atoms with van der Waals surface area (Å²) in [6, 6.07) is 14.0. The molecule has 0 spiro atoms. The van der Waals surface area contributed by atoms with Crippen LogP contribution in [0.15, 0.2) is 52.9 Å². The molecule has 0 radical (unpaired) electrons. The van der Waals surface area contributed by atoms with Crippen LogP contribution in [0.1, 0.15) is 29.8 Å². The van der Waals surface area contributed by atoms with E-state index in [1.54, 1.807) is 31.2 Å². The highest BCUT2D eigenvalue weighted by atomic mass is 16.4. The number of benzene rings is 2. The highest BCUT2D eigenvalue weighted by Gasteiger charge is 2.16. The summed E-state index contributed by atoms with van der Waals surface area (Å²) in [5.41, 5.74) is 3.11. The van der Waals surface area contributed by atoms with Crippen LogP contribution in [-0.2, 0) is 4.79 Å². The van der Waals surface area contributed by atoms with E-state index >= 15 is 0 Å². The van der Waals surface area contributed by atoms with Gasteiger partial charge in [-0.3, -0.25) is 9.59 Å². The van der Waals surface area contributed by atoms with E-state index in [2.05, 4.69) is 20.8 Å². The first-order valence-electron chi connectivity index (χ1n) is 9.07. The molecule has 3 rings (SSSR count). The van der Waals surface area contributed by atoms with Crippen molar-refractivity contribution in [3.05, 3.63) is 59.7 Å². The molecule has 0 fully saturated rings. The zero-order chi connectivity index (χ0) is 20.1. The van der Waals surface area contributed by atoms with Gasteiger partial charge in [-0.05, 0) is 57.2 Å². The second-order valence-corrected chi connectivity index (χ2v) is 6.45. The Bertz CT molecular complexity index is 979.